The fourth-order valence-corrected chi connectivity index (χ4v) is 3.24. The van der Waals surface area contributed by atoms with Gasteiger partial charge >= 0.3 is 5.97 Å². The highest BCUT2D eigenvalue weighted by molar-refractivity contribution is 7.09. The zero-order valence-corrected chi connectivity index (χ0v) is 17.6. The van der Waals surface area contributed by atoms with E-state index in [2.05, 4.69) is 10.3 Å². The molecule has 9 heteroatoms. The number of amides is 1. The molecule has 1 heterocycles. The number of hydrogen-bond acceptors (Lipinski definition) is 7. The maximum atomic E-state index is 12.9. The summed E-state index contributed by atoms with van der Waals surface area (Å²) in [5.74, 6) is -0.352. The molecule has 0 aliphatic rings. The van der Waals surface area contributed by atoms with E-state index in [4.69, 9.17) is 14.2 Å². The number of para-hydroxylation sites is 1. The summed E-state index contributed by atoms with van der Waals surface area (Å²) in [7, 11) is 0. The highest BCUT2D eigenvalue weighted by atomic mass is 32.1. The topological polar surface area (TPSA) is 86.8 Å². The van der Waals surface area contributed by atoms with Crippen LogP contribution in [0.3, 0.4) is 0 Å². The molecular formula is C22H21FN2O5S. The van der Waals surface area contributed by atoms with Crippen molar-refractivity contribution in [3.05, 3.63) is 76.0 Å². The fourth-order valence-electron chi connectivity index (χ4n) is 2.55. The van der Waals surface area contributed by atoms with Crippen LogP contribution in [0.1, 0.15) is 28.0 Å². The molecule has 0 aliphatic carbocycles. The van der Waals surface area contributed by atoms with E-state index >= 15 is 0 Å². The summed E-state index contributed by atoms with van der Waals surface area (Å²) in [5.41, 5.74) is 0.923. The minimum atomic E-state index is -0.584. The second-order valence-electron chi connectivity index (χ2n) is 6.25. The van der Waals surface area contributed by atoms with Crippen LogP contribution in [0, 0.1) is 5.82 Å². The Balaban J connectivity index is 1.42. The van der Waals surface area contributed by atoms with Gasteiger partial charge in [-0.15, -0.1) is 11.3 Å². The predicted molar refractivity (Wildman–Crippen MR) is 113 cm³/mol. The van der Waals surface area contributed by atoms with E-state index in [0.29, 0.717) is 34.4 Å². The van der Waals surface area contributed by atoms with Crippen LogP contribution in [-0.4, -0.2) is 30.0 Å². The Bertz CT molecular complexity index is 1020. The van der Waals surface area contributed by atoms with E-state index in [0.717, 1.165) is 0 Å². The summed E-state index contributed by atoms with van der Waals surface area (Å²) in [5, 5.41) is 4.97. The van der Waals surface area contributed by atoms with Crippen molar-refractivity contribution in [3.8, 4) is 11.5 Å². The SMILES string of the molecule is CCOc1ccccc1C(=O)NCC(=O)OCc1csc(COc2ccc(F)cc2)n1. The fraction of sp³-hybridized carbons (Fsp3) is 0.227. The Morgan fingerprint density at radius 2 is 1.84 bits per heavy atom. The number of esters is 1. The number of ether oxygens (including phenoxy) is 3. The first-order chi connectivity index (χ1) is 15.0. The Hall–Kier alpha value is -3.46. The molecule has 0 saturated heterocycles. The molecular weight excluding hydrogens is 423 g/mol. The molecule has 7 nitrogen and oxygen atoms in total. The molecule has 0 spiro atoms. The number of carbonyl (C=O) groups is 2. The molecule has 0 saturated carbocycles. The summed E-state index contributed by atoms with van der Waals surface area (Å²) in [6, 6.07) is 12.5. The molecule has 162 valence electrons. The molecule has 0 atom stereocenters. The molecule has 3 aromatic rings. The third-order valence-corrected chi connectivity index (χ3v) is 4.85. The van der Waals surface area contributed by atoms with Crippen LogP contribution in [0.25, 0.3) is 0 Å². The van der Waals surface area contributed by atoms with Gasteiger partial charge in [-0.3, -0.25) is 9.59 Å². The van der Waals surface area contributed by atoms with Gasteiger partial charge in [-0.05, 0) is 43.3 Å². The number of aromatic nitrogens is 1. The molecule has 1 N–H and O–H groups in total. The lowest BCUT2D eigenvalue weighted by Gasteiger charge is -2.10. The van der Waals surface area contributed by atoms with Crippen molar-refractivity contribution in [1.82, 2.24) is 10.3 Å². The normalized spacial score (nSPS) is 10.4. The standard InChI is InChI=1S/C22H21FN2O5S/c1-2-28-19-6-4-3-5-18(19)22(27)24-11-21(26)30-12-16-14-31-20(25-16)13-29-17-9-7-15(23)8-10-17/h3-10,14H,2,11-13H2,1H3,(H,24,27). The van der Waals surface area contributed by atoms with Crippen LogP contribution in [0.5, 0.6) is 11.5 Å². The number of benzene rings is 2. The van der Waals surface area contributed by atoms with Crippen LogP contribution in [0.2, 0.25) is 0 Å². The molecule has 0 radical (unpaired) electrons. The van der Waals surface area contributed by atoms with E-state index in [1.165, 1.54) is 35.6 Å². The van der Waals surface area contributed by atoms with Gasteiger partial charge in [0.1, 0.15) is 42.1 Å². The highest BCUT2D eigenvalue weighted by Crippen LogP contribution is 2.18. The molecule has 0 fully saturated rings. The number of nitrogens with zero attached hydrogens (tertiary/aromatic N) is 1. The van der Waals surface area contributed by atoms with Gasteiger partial charge in [0.2, 0.25) is 0 Å². The molecule has 1 amide bonds. The maximum absolute atomic E-state index is 12.9. The second-order valence-corrected chi connectivity index (χ2v) is 7.19. The zero-order chi connectivity index (χ0) is 22.1. The van der Waals surface area contributed by atoms with Gasteiger partial charge in [-0.1, -0.05) is 12.1 Å². The third-order valence-electron chi connectivity index (χ3n) is 3.98. The van der Waals surface area contributed by atoms with Gasteiger partial charge in [0.05, 0.1) is 17.9 Å². The smallest absolute Gasteiger partial charge is 0.325 e. The van der Waals surface area contributed by atoms with E-state index in [1.54, 1.807) is 29.6 Å². The van der Waals surface area contributed by atoms with Crippen molar-refractivity contribution < 1.29 is 28.2 Å². The quantitative estimate of drug-likeness (QED) is 0.480. The first-order valence-electron chi connectivity index (χ1n) is 9.52. The summed E-state index contributed by atoms with van der Waals surface area (Å²) >= 11 is 1.36. The van der Waals surface area contributed by atoms with Crippen LogP contribution in [-0.2, 0) is 22.7 Å². The maximum Gasteiger partial charge on any atom is 0.325 e. The average molecular weight is 444 g/mol. The minimum absolute atomic E-state index is 0.0166. The van der Waals surface area contributed by atoms with Gasteiger partial charge in [-0.2, -0.15) is 0 Å². The third kappa shape index (κ3) is 6.78. The summed E-state index contributed by atoms with van der Waals surface area (Å²) < 4.78 is 29.0. The van der Waals surface area contributed by atoms with Gasteiger partial charge < -0.3 is 19.5 Å². The van der Waals surface area contributed by atoms with Crippen molar-refractivity contribution in [2.75, 3.05) is 13.2 Å². The summed E-state index contributed by atoms with van der Waals surface area (Å²) in [6.07, 6.45) is 0. The number of thiazole rings is 1. The Kier molecular flexibility index (Phi) is 7.94. The lowest BCUT2D eigenvalue weighted by Crippen LogP contribution is -2.30. The molecule has 3 rings (SSSR count). The Morgan fingerprint density at radius 3 is 2.61 bits per heavy atom. The van der Waals surface area contributed by atoms with Gasteiger partial charge in [0.25, 0.3) is 5.91 Å². The minimum Gasteiger partial charge on any atom is -0.493 e. The monoisotopic (exact) mass is 444 g/mol. The summed E-state index contributed by atoms with van der Waals surface area (Å²) in [4.78, 5) is 28.6. The van der Waals surface area contributed by atoms with Crippen LogP contribution >= 0.6 is 11.3 Å². The Labute approximate surface area is 182 Å². The van der Waals surface area contributed by atoms with E-state index < -0.39 is 11.9 Å². The number of rotatable bonds is 10. The van der Waals surface area contributed by atoms with Gasteiger partial charge in [0.15, 0.2) is 0 Å². The first kappa shape index (κ1) is 22.2. The van der Waals surface area contributed by atoms with Crippen molar-refractivity contribution in [2.24, 2.45) is 0 Å². The van der Waals surface area contributed by atoms with Gasteiger partial charge in [-0.25, -0.2) is 9.37 Å². The van der Waals surface area contributed by atoms with Crippen molar-refractivity contribution >= 4 is 23.2 Å². The van der Waals surface area contributed by atoms with Crippen molar-refractivity contribution in [1.29, 1.82) is 0 Å². The number of hydrogen-bond donors (Lipinski definition) is 1. The van der Waals surface area contributed by atoms with E-state index in [-0.39, 0.29) is 25.6 Å². The Morgan fingerprint density at radius 1 is 1.06 bits per heavy atom. The lowest BCUT2D eigenvalue weighted by atomic mass is 10.2. The highest BCUT2D eigenvalue weighted by Gasteiger charge is 2.14. The lowest BCUT2D eigenvalue weighted by molar-refractivity contribution is -0.143. The predicted octanol–water partition coefficient (Wildman–Crippen LogP) is 3.73. The van der Waals surface area contributed by atoms with Crippen LogP contribution in [0.15, 0.2) is 53.9 Å². The van der Waals surface area contributed by atoms with E-state index in [1.807, 2.05) is 6.92 Å². The molecule has 0 unspecified atom stereocenters. The zero-order valence-electron chi connectivity index (χ0n) is 16.8. The van der Waals surface area contributed by atoms with Crippen molar-refractivity contribution in [3.63, 3.8) is 0 Å². The first-order valence-corrected chi connectivity index (χ1v) is 10.4. The van der Waals surface area contributed by atoms with Crippen LogP contribution in [0.4, 0.5) is 4.39 Å². The summed E-state index contributed by atoms with van der Waals surface area (Å²) in [6.45, 7) is 2.18. The van der Waals surface area contributed by atoms with E-state index in [9.17, 15) is 14.0 Å². The number of nitrogens with one attached hydrogen (secondary N) is 1. The number of carbonyl (C=O) groups excluding carboxylic acids is 2. The molecule has 0 aliphatic heterocycles. The van der Waals surface area contributed by atoms with Crippen molar-refractivity contribution in [2.45, 2.75) is 20.1 Å². The average Bonchev–Trinajstić information content (AvgIpc) is 3.24. The number of halogens is 1. The van der Waals surface area contributed by atoms with Crippen LogP contribution < -0.4 is 14.8 Å². The molecule has 1 aromatic heterocycles. The second kappa shape index (κ2) is 11.1. The molecule has 2 aromatic carbocycles. The molecule has 0 bridgehead atoms. The molecule has 31 heavy (non-hydrogen) atoms. The largest absolute Gasteiger partial charge is 0.493 e. The van der Waals surface area contributed by atoms with Gasteiger partial charge in [0, 0.05) is 5.38 Å².